The van der Waals surface area contributed by atoms with E-state index in [-0.39, 0.29) is 11.8 Å². The summed E-state index contributed by atoms with van der Waals surface area (Å²) in [6.45, 7) is -0.0291. The normalized spacial score (nSPS) is 15.2. The van der Waals surface area contributed by atoms with Crippen LogP contribution in [0.25, 0.3) is 0 Å². The molecule has 1 unspecified atom stereocenters. The van der Waals surface area contributed by atoms with Crippen LogP contribution in [0, 0.1) is 0 Å². The van der Waals surface area contributed by atoms with Crippen molar-refractivity contribution in [2.24, 2.45) is 0 Å². The second-order valence-electron chi connectivity index (χ2n) is 2.84. The average Bonchev–Trinajstić information content (AvgIpc) is 2.16. The topological polar surface area (TPSA) is 57.5 Å². The van der Waals surface area contributed by atoms with Gasteiger partial charge in [-0.05, 0) is 0 Å². The fraction of sp³-hybridized carbons (Fsp3) is 0.333. The molecular formula is C9H13AsO3. The van der Waals surface area contributed by atoms with Crippen molar-refractivity contribution in [2.75, 3.05) is 6.61 Å². The number of hydrogen-bond acceptors (Lipinski definition) is 2. The monoisotopic (exact) mass is 244 g/mol. The first-order chi connectivity index (χ1) is 6.17. The summed E-state index contributed by atoms with van der Waals surface area (Å²) in [5.74, 6) is 0. The molecule has 2 N–H and O–H groups in total. The van der Waals surface area contributed by atoms with Gasteiger partial charge in [-0.2, -0.15) is 0 Å². The van der Waals surface area contributed by atoms with E-state index in [4.69, 9.17) is 5.11 Å². The molecule has 72 valence electrons. The summed E-state index contributed by atoms with van der Waals surface area (Å²) >= 11 is -3.85. The van der Waals surface area contributed by atoms with Crippen molar-refractivity contribution in [3.05, 3.63) is 30.3 Å². The van der Waals surface area contributed by atoms with Crippen LogP contribution in [-0.4, -0.2) is 29.6 Å². The Hall–Kier alpha value is -0.502. The Labute approximate surface area is 80.1 Å². The molecule has 0 aliphatic carbocycles. The van der Waals surface area contributed by atoms with Crippen LogP contribution in [0.3, 0.4) is 0 Å². The van der Waals surface area contributed by atoms with Gasteiger partial charge >= 0.3 is 79.7 Å². The van der Waals surface area contributed by atoms with E-state index in [0.717, 1.165) is 0 Å². The van der Waals surface area contributed by atoms with Crippen LogP contribution in [0.1, 0.15) is 6.42 Å². The van der Waals surface area contributed by atoms with Crippen LogP contribution in [0.4, 0.5) is 0 Å². The molecule has 0 saturated heterocycles. The molecule has 0 amide bonds. The number of hydrogen-bond donors (Lipinski definition) is 2. The summed E-state index contributed by atoms with van der Waals surface area (Å²) in [7, 11) is 0. The van der Waals surface area contributed by atoms with Crippen molar-refractivity contribution in [1.29, 1.82) is 0 Å². The van der Waals surface area contributed by atoms with Crippen LogP contribution in [0.5, 0.6) is 0 Å². The van der Waals surface area contributed by atoms with E-state index >= 15 is 0 Å². The Balaban J connectivity index is 2.76. The van der Waals surface area contributed by atoms with E-state index in [1.807, 2.05) is 6.07 Å². The van der Waals surface area contributed by atoms with Crippen LogP contribution in [-0.2, 0) is 3.74 Å². The van der Waals surface area contributed by atoms with Gasteiger partial charge in [0.1, 0.15) is 0 Å². The summed E-state index contributed by atoms with van der Waals surface area (Å²) in [5, 5.41) is 8.76. The zero-order chi connectivity index (χ0) is 9.73. The van der Waals surface area contributed by atoms with E-state index in [9.17, 15) is 7.84 Å². The summed E-state index contributed by atoms with van der Waals surface area (Å²) in [5.41, 5.74) is 0. The molecule has 4 heteroatoms. The first-order valence-corrected chi connectivity index (χ1v) is 8.02. The molecule has 13 heavy (non-hydrogen) atoms. The summed E-state index contributed by atoms with van der Waals surface area (Å²) in [6.07, 6.45) is 0.391. The minimum absolute atomic E-state index is 0.0291. The Morgan fingerprint density at radius 2 is 1.85 bits per heavy atom. The van der Waals surface area contributed by atoms with Crippen molar-refractivity contribution in [3.63, 3.8) is 0 Å². The number of benzene rings is 1. The summed E-state index contributed by atoms with van der Waals surface area (Å²) < 4.78 is 21.8. The Kier molecular flexibility index (Phi) is 3.79. The average molecular weight is 244 g/mol. The van der Waals surface area contributed by atoms with Gasteiger partial charge in [0, 0.05) is 0 Å². The number of aliphatic hydroxyl groups excluding tert-OH is 1. The van der Waals surface area contributed by atoms with Crippen molar-refractivity contribution >= 4 is 18.2 Å². The van der Waals surface area contributed by atoms with E-state index in [0.29, 0.717) is 10.8 Å². The molecule has 3 nitrogen and oxygen atoms in total. The van der Waals surface area contributed by atoms with Crippen LogP contribution < -0.4 is 4.35 Å². The second kappa shape index (κ2) is 4.66. The predicted octanol–water partition coefficient (Wildman–Crippen LogP) is 0.141. The molecule has 0 radical (unpaired) electrons. The maximum absolute atomic E-state index is 11.7. The first-order valence-electron chi connectivity index (χ1n) is 4.15. The van der Waals surface area contributed by atoms with Crippen LogP contribution >= 0.6 is 0 Å². The molecule has 1 aromatic rings. The second-order valence-corrected chi connectivity index (χ2v) is 7.80. The van der Waals surface area contributed by atoms with Gasteiger partial charge < -0.3 is 0 Å². The molecule has 0 fully saturated rings. The molecular weight excluding hydrogens is 231 g/mol. The number of rotatable bonds is 4. The fourth-order valence-electron chi connectivity index (χ4n) is 1.08. The molecule has 0 bridgehead atoms. The fourth-order valence-corrected chi connectivity index (χ4v) is 4.15. The van der Waals surface area contributed by atoms with Gasteiger partial charge in [-0.3, -0.25) is 0 Å². The van der Waals surface area contributed by atoms with Crippen molar-refractivity contribution in [1.82, 2.24) is 0 Å². The van der Waals surface area contributed by atoms with Crippen molar-refractivity contribution < 1.29 is 12.9 Å². The SMILES string of the molecule is O=[As](O)(CCCO)c1ccccc1. The third kappa shape index (κ3) is 3.03. The van der Waals surface area contributed by atoms with Gasteiger partial charge in [-0.15, -0.1) is 0 Å². The maximum atomic E-state index is 11.7. The molecule has 0 aliphatic heterocycles. The third-order valence-electron chi connectivity index (χ3n) is 1.78. The zero-order valence-electron chi connectivity index (χ0n) is 7.26. The van der Waals surface area contributed by atoms with Gasteiger partial charge in [0.25, 0.3) is 0 Å². The van der Waals surface area contributed by atoms with Crippen molar-refractivity contribution in [3.8, 4) is 0 Å². The predicted molar refractivity (Wildman–Crippen MR) is 51.2 cm³/mol. The van der Waals surface area contributed by atoms with Crippen molar-refractivity contribution in [2.45, 2.75) is 11.6 Å². The number of aliphatic hydroxyl groups is 1. The van der Waals surface area contributed by atoms with Gasteiger partial charge in [0.15, 0.2) is 0 Å². The summed E-state index contributed by atoms with van der Waals surface area (Å²) in [4.78, 5) is 0. The standard InChI is InChI=1S/C9H13AsO3/c11-8-4-7-10(12,13)9-5-2-1-3-6-9/h1-3,5-6,11H,4,7-8H2,(H,12,13). The van der Waals surface area contributed by atoms with Gasteiger partial charge in [-0.1, -0.05) is 0 Å². The first kappa shape index (κ1) is 10.6. The van der Waals surface area contributed by atoms with Gasteiger partial charge in [-0.25, -0.2) is 0 Å². The molecule has 0 aliphatic rings. The van der Waals surface area contributed by atoms with E-state index in [1.165, 1.54) is 0 Å². The van der Waals surface area contributed by atoms with Crippen LogP contribution in [0.15, 0.2) is 30.3 Å². The Bertz CT molecular complexity index is 297. The Morgan fingerprint density at radius 3 is 2.38 bits per heavy atom. The molecule has 0 aromatic heterocycles. The molecule has 0 saturated carbocycles. The molecule has 0 heterocycles. The third-order valence-corrected chi connectivity index (χ3v) is 6.03. The molecule has 1 rings (SSSR count). The van der Waals surface area contributed by atoms with Gasteiger partial charge in [0.2, 0.25) is 0 Å². The Morgan fingerprint density at radius 1 is 1.23 bits per heavy atom. The summed E-state index contributed by atoms with van der Waals surface area (Å²) in [6, 6.07) is 8.64. The quantitative estimate of drug-likeness (QED) is 0.741. The van der Waals surface area contributed by atoms with E-state index in [1.54, 1.807) is 24.3 Å². The van der Waals surface area contributed by atoms with Crippen LogP contribution in [0.2, 0.25) is 5.21 Å². The van der Waals surface area contributed by atoms with Gasteiger partial charge in [0.05, 0.1) is 0 Å². The molecule has 0 spiro atoms. The van der Waals surface area contributed by atoms with E-state index in [2.05, 4.69) is 0 Å². The zero-order valence-corrected chi connectivity index (χ0v) is 9.13. The molecule has 1 atom stereocenters. The van der Waals surface area contributed by atoms with E-state index < -0.39 is 13.8 Å². The molecule has 1 aromatic carbocycles. The minimum atomic E-state index is -3.85.